The van der Waals surface area contributed by atoms with Crippen molar-refractivity contribution in [2.75, 3.05) is 18.5 Å². The van der Waals surface area contributed by atoms with Gasteiger partial charge in [-0.3, -0.25) is 4.98 Å². The molecule has 2 nitrogen and oxygen atoms in total. The van der Waals surface area contributed by atoms with Gasteiger partial charge in [0, 0.05) is 25.4 Å². The number of aromatic nitrogens is 1. The normalized spacial score (nSPS) is 10.6. The molecule has 3 rings (SSSR count). The Morgan fingerprint density at radius 1 is 0.917 bits per heavy atom. The number of hydrogen-bond donors (Lipinski definition) is 0. The maximum absolute atomic E-state index is 13.1. The van der Waals surface area contributed by atoms with Crippen molar-refractivity contribution in [2.24, 2.45) is 0 Å². The third kappa shape index (κ3) is 4.19. The van der Waals surface area contributed by atoms with E-state index in [2.05, 4.69) is 47.3 Å². The average Bonchev–Trinajstić information content (AvgIpc) is 2.63. The SMILES string of the molecule is CN(CCCc1ccccc1)c1cncc(-c2ccc(F)cc2)c1. The second-order valence-corrected chi connectivity index (χ2v) is 5.95. The monoisotopic (exact) mass is 320 g/mol. The molecule has 24 heavy (non-hydrogen) atoms. The first kappa shape index (κ1) is 16.2. The molecule has 2 aromatic carbocycles. The Balaban J connectivity index is 1.63. The lowest BCUT2D eigenvalue weighted by Gasteiger charge is -2.19. The number of nitrogens with zero attached hydrogens (tertiary/aromatic N) is 2. The van der Waals surface area contributed by atoms with Crippen LogP contribution in [-0.2, 0) is 6.42 Å². The predicted octanol–water partition coefficient (Wildman–Crippen LogP) is 4.96. The van der Waals surface area contributed by atoms with Gasteiger partial charge in [0.05, 0.1) is 11.9 Å². The molecule has 0 unspecified atom stereocenters. The van der Waals surface area contributed by atoms with Crippen molar-refractivity contribution in [3.63, 3.8) is 0 Å². The maximum atomic E-state index is 13.1. The minimum Gasteiger partial charge on any atom is -0.373 e. The van der Waals surface area contributed by atoms with Crippen LogP contribution in [0.2, 0.25) is 0 Å². The van der Waals surface area contributed by atoms with Gasteiger partial charge in [0.15, 0.2) is 0 Å². The molecular formula is C21H21FN2. The summed E-state index contributed by atoms with van der Waals surface area (Å²) in [7, 11) is 2.08. The standard InChI is InChI=1S/C21H21FN2/c1-24(13-5-8-17-6-3-2-4-7-17)21-14-19(15-23-16-21)18-9-11-20(22)12-10-18/h2-4,6-7,9-12,14-16H,5,8,13H2,1H3. The van der Waals surface area contributed by atoms with E-state index in [1.807, 2.05) is 18.5 Å². The fraction of sp³-hybridized carbons (Fsp3) is 0.190. The average molecular weight is 320 g/mol. The van der Waals surface area contributed by atoms with Crippen LogP contribution in [-0.4, -0.2) is 18.6 Å². The molecule has 3 aromatic rings. The van der Waals surface area contributed by atoms with Gasteiger partial charge in [-0.2, -0.15) is 0 Å². The van der Waals surface area contributed by atoms with Gasteiger partial charge in [-0.05, 0) is 42.2 Å². The first-order chi connectivity index (χ1) is 11.7. The number of aryl methyl sites for hydroxylation is 1. The van der Waals surface area contributed by atoms with E-state index in [4.69, 9.17) is 0 Å². The van der Waals surface area contributed by atoms with Crippen LogP contribution in [0.5, 0.6) is 0 Å². The Kier molecular flexibility index (Phi) is 5.22. The fourth-order valence-electron chi connectivity index (χ4n) is 2.73. The van der Waals surface area contributed by atoms with Gasteiger partial charge in [0.1, 0.15) is 5.82 Å². The van der Waals surface area contributed by atoms with E-state index in [1.54, 1.807) is 12.1 Å². The van der Waals surface area contributed by atoms with Crippen molar-refractivity contribution in [1.29, 1.82) is 0 Å². The summed E-state index contributed by atoms with van der Waals surface area (Å²) in [5.74, 6) is -0.221. The highest BCUT2D eigenvalue weighted by molar-refractivity contribution is 5.66. The van der Waals surface area contributed by atoms with Gasteiger partial charge in [-0.15, -0.1) is 0 Å². The highest BCUT2D eigenvalue weighted by atomic mass is 19.1. The zero-order valence-corrected chi connectivity index (χ0v) is 13.8. The van der Waals surface area contributed by atoms with Crippen molar-refractivity contribution in [3.8, 4) is 11.1 Å². The summed E-state index contributed by atoms with van der Waals surface area (Å²) in [6.07, 6.45) is 5.83. The topological polar surface area (TPSA) is 16.1 Å². The molecule has 0 aliphatic heterocycles. The molecule has 1 heterocycles. The third-order valence-electron chi connectivity index (χ3n) is 4.14. The lowest BCUT2D eigenvalue weighted by Crippen LogP contribution is -2.19. The van der Waals surface area contributed by atoms with Crippen molar-refractivity contribution in [3.05, 3.63) is 84.4 Å². The van der Waals surface area contributed by atoms with Crippen LogP contribution in [0, 0.1) is 5.82 Å². The zero-order chi connectivity index (χ0) is 16.8. The second-order valence-electron chi connectivity index (χ2n) is 5.95. The first-order valence-corrected chi connectivity index (χ1v) is 8.18. The summed E-state index contributed by atoms with van der Waals surface area (Å²) in [5, 5.41) is 0. The van der Waals surface area contributed by atoms with E-state index >= 15 is 0 Å². The molecule has 0 radical (unpaired) electrons. The van der Waals surface area contributed by atoms with E-state index in [9.17, 15) is 4.39 Å². The summed E-state index contributed by atoms with van der Waals surface area (Å²) in [4.78, 5) is 6.55. The van der Waals surface area contributed by atoms with Crippen LogP contribution in [0.3, 0.4) is 0 Å². The predicted molar refractivity (Wildman–Crippen MR) is 97.7 cm³/mol. The second kappa shape index (κ2) is 7.73. The number of benzene rings is 2. The Hall–Kier alpha value is -2.68. The Bertz CT molecular complexity index is 769. The summed E-state index contributed by atoms with van der Waals surface area (Å²) >= 11 is 0. The largest absolute Gasteiger partial charge is 0.373 e. The van der Waals surface area contributed by atoms with E-state index in [0.29, 0.717) is 0 Å². The molecule has 0 aliphatic rings. The van der Waals surface area contributed by atoms with Crippen LogP contribution in [0.25, 0.3) is 11.1 Å². The summed E-state index contributed by atoms with van der Waals surface area (Å²) in [6.45, 7) is 0.962. The number of halogens is 1. The van der Waals surface area contributed by atoms with Crippen LogP contribution >= 0.6 is 0 Å². The highest BCUT2D eigenvalue weighted by Gasteiger charge is 2.05. The number of pyridine rings is 1. The minimum atomic E-state index is -0.221. The minimum absolute atomic E-state index is 0.221. The lowest BCUT2D eigenvalue weighted by molar-refractivity contribution is 0.628. The molecule has 1 aromatic heterocycles. The number of anilines is 1. The molecule has 0 atom stereocenters. The Morgan fingerprint density at radius 3 is 2.42 bits per heavy atom. The lowest BCUT2D eigenvalue weighted by atomic mass is 10.1. The van der Waals surface area contributed by atoms with Gasteiger partial charge < -0.3 is 4.90 Å². The van der Waals surface area contributed by atoms with Crippen molar-refractivity contribution in [1.82, 2.24) is 4.98 Å². The van der Waals surface area contributed by atoms with Gasteiger partial charge in [0.2, 0.25) is 0 Å². The summed E-state index contributed by atoms with van der Waals surface area (Å²) in [6, 6.07) is 19.1. The molecular weight excluding hydrogens is 299 g/mol. The van der Waals surface area contributed by atoms with Gasteiger partial charge in [0.25, 0.3) is 0 Å². The molecule has 0 N–H and O–H groups in total. The van der Waals surface area contributed by atoms with Crippen molar-refractivity contribution >= 4 is 5.69 Å². The molecule has 0 spiro atoms. The zero-order valence-electron chi connectivity index (χ0n) is 13.8. The fourth-order valence-corrected chi connectivity index (χ4v) is 2.73. The summed E-state index contributed by atoms with van der Waals surface area (Å²) in [5.41, 5.74) is 4.42. The molecule has 122 valence electrons. The van der Waals surface area contributed by atoms with Crippen LogP contribution in [0.4, 0.5) is 10.1 Å². The third-order valence-corrected chi connectivity index (χ3v) is 4.14. The maximum Gasteiger partial charge on any atom is 0.123 e. The van der Waals surface area contributed by atoms with E-state index in [1.165, 1.54) is 17.7 Å². The van der Waals surface area contributed by atoms with E-state index in [-0.39, 0.29) is 5.82 Å². The molecule has 0 amide bonds. The van der Waals surface area contributed by atoms with Crippen molar-refractivity contribution in [2.45, 2.75) is 12.8 Å². The molecule has 0 aliphatic carbocycles. The van der Waals surface area contributed by atoms with E-state index < -0.39 is 0 Å². The quantitative estimate of drug-likeness (QED) is 0.638. The smallest absolute Gasteiger partial charge is 0.123 e. The molecule has 0 saturated heterocycles. The summed E-state index contributed by atoms with van der Waals surface area (Å²) < 4.78 is 13.1. The van der Waals surface area contributed by atoms with Gasteiger partial charge in [-0.25, -0.2) is 4.39 Å². The molecule has 0 bridgehead atoms. The molecule has 0 saturated carbocycles. The van der Waals surface area contributed by atoms with Crippen LogP contribution in [0.1, 0.15) is 12.0 Å². The number of hydrogen-bond acceptors (Lipinski definition) is 2. The molecule has 0 fully saturated rings. The van der Waals surface area contributed by atoms with Gasteiger partial charge in [-0.1, -0.05) is 42.5 Å². The van der Waals surface area contributed by atoms with Crippen molar-refractivity contribution < 1.29 is 4.39 Å². The van der Waals surface area contributed by atoms with Gasteiger partial charge >= 0.3 is 0 Å². The van der Waals surface area contributed by atoms with E-state index in [0.717, 1.165) is 36.2 Å². The first-order valence-electron chi connectivity index (χ1n) is 8.18. The molecule has 3 heteroatoms. The highest BCUT2D eigenvalue weighted by Crippen LogP contribution is 2.23. The number of rotatable bonds is 6. The van der Waals surface area contributed by atoms with Crippen LogP contribution < -0.4 is 4.90 Å². The van der Waals surface area contributed by atoms with Crippen LogP contribution in [0.15, 0.2) is 73.1 Å². The Morgan fingerprint density at radius 2 is 1.67 bits per heavy atom. The Labute approximate surface area is 142 Å².